The molecule has 2 aromatic rings. The Morgan fingerprint density at radius 2 is 1.77 bits per heavy atom. The van der Waals surface area contributed by atoms with Crippen LogP contribution in [0.4, 0.5) is 5.69 Å². The summed E-state index contributed by atoms with van der Waals surface area (Å²) in [4.78, 5) is 25.4. The molecule has 0 saturated heterocycles. The molecule has 0 radical (unpaired) electrons. The van der Waals surface area contributed by atoms with Crippen molar-refractivity contribution in [2.75, 3.05) is 5.32 Å². The Kier molecular flexibility index (Phi) is 6.87. The smallest absolute Gasteiger partial charge is 0.358 e. The van der Waals surface area contributed by atoms with Crippen LogP contribution in [-0.4, -0.2) is 21.0 Å². The SMILES string of the molecule is O=C(O)c1ccc(N[CH]=[V+2])cc1-c1c2ccc(=O)cc-2oc2cc(O)ccc12.[CH3-].[CH3-]. The molecule has 7 heteroatoms. The number of rotatable bonds is 4. The second-order valence-electron chi connectivity index (χ2n) is 6.15. The molecule has 1 aliphatic heterocycles. The molecule has 0 fully saturated rings. The number of anilines is 1. The number of hydrogen-bond donors (Lipinski definition) is 3. The first-order valence-electron chi connectivity index (χ1n) is 8.27. The van der Waals surface area contributed by atoms with E-state index in [1.54, 1.807) is 29.1 Å². The number of phenolic OH excluding ortho intramolecular Hbond substituents is 1. The standard InChI is InChI=1S/C21H13NO5.2CH3.V/c1-22-11-2-5-14(21(25)26)17(8-11)20-15-6-3-12(23)9-18(15)27-19-10-13(24)4-7-16(19)20;;;/h1-10,22-23H,(H,25,26);2*1H3;/q;2*-1;+2. The second kappa shape index (κ2) is 8.99. The van der Waals surface area contributed by atoms with Gasteiger partial charge in [0.1, 0.15) is 0 Å². The molecule has 2 aromatic carbocycles. The van der Waals surface area contributed by atoms with Crippen LogP contribution < -0.4 is 10.7 Å². The van der Waals surface area contributed by atoms with Crippen molar-refractivity contribution in [1.29, 1.82) is 0 Å². The van der Waals surface area contributed by atoms with Crippen molar-refractivity contribution >= 4 is 27.5 Å². The molecule has 0 atom stereocenters. The molecule has 6 nitrogen and oxygen atoms in total. The second-order valence-corrected chi connectivity index (χ2v) is 6.56. The minimum absolute atomic E-state index is 0. The molecule has 151 valence electrons. The summed E-state index contributed by atoms with van der Waals surface area (Å²) in [5.74, 6) is -0.750. The maximum absolute atomic E-state index is 11.9. The van der Waals surface area contributed by atoms with Crippen molar-refractivity contribution in [2.24, 2.45) is 0 Å². The van der Waals surface area contributed by atoms with Gasteiger partial charge in [-0.1, -0.05) is 0 Å². The van der Waals surface area contributed by atoms with E-state index in [-0.39, 0.29) is 31.6 Å². The Balaban J connectivity index is 0.00000160. The molecule has 0 bridgehead atoms. The van der Waals surface area contributed by atoms with Crippen molar-refractivity contribution in [2.45, 2.75) is 0 Å². The van der Waals surface area contributed by atoms with Crippen molar-refractivity contribution in [3.63, 3.8) is 0 Å². The van der Waals surface area contributed by atoms with Crippen LogP contribution in [0.2, 0.25) is 0 Å². The molecule has 1 aliphatic carbocycles. The van der Waals surface area contributed by atoms with E-state index in [9.17, 15) is 19.8 Å². The first kappa shape index (κ1) is 22.9. The summed E-state index contributed by atoms with van der Waals surface area (Å²) >= 11 is 2.28. The monoisotopic (exact) mass is 440 g/mol. The van der Waals surface area contributed by atoms with Gasteiger partial charge in [-0.25, -0.2) is 0 Å². The molecule has 3 N–H and O–H groups in total. The number of aromatic carboxylic acids is 1. The van der Waals surface area contributed by atoms with Crippen LogP contribution in [0.15, 0.2) is 63.8 Å². The Bertz CT molecular complexity index is 1280. The van der Waals surface area contributed by atoms with E-state index in [1.165, 1.54) is 30.3 Å². The molecule has 0 spiro atoms. The Morgan fingerprint density at radius 1 is 1.00 bits per heavy atom. The van der Waals surface area contributed by atoms with Gasteiger partial charge in [0.15, 0.2) is 0 Å². The minimum Gasteiger partial charge on any atom is -0.358 e. The van der Waals surface area contributed by atoms with Crippen LogP contribution in [-0.2, 0) is 17.0 Å². The van der Waals surface area contributed by atoms with Gasteiger partial charge in [0.25, 0.3) is 0 Å². The Morgan fingerprint density at radius 3 is 2.47 bits per heavy atom. The predicted octanol–water partition coefficient (Wildman–Crippen LogP) is 4.59. The number of carboxylic acids is 1. The Hall–Kier alpha value is -3.35. The number of carboxylic acid groups (broad SMARTS) is 1. The van der Waals surface area contributed by atoms with E-state index >= 15 is 0 Å². The van der Waals surface area contributed by atoms with Gasteiger partial charge in [-0.05, 0) is 0 Å². The van der Waals surface area contributed by atoms with Gasteiger partial charge in [-0.15, -0.1) is 0 Å². The summed E-state index contributed by atoms with van der Waals surface area (Å²) in [6, 6.07) is 13.9. The molecular weight excluding hydrogens is 421 g/mol. The largest absolute Gasteiger partial charge is 0.358 e. The fourth-order valence-corrected chi connectivity index (χ4v) is 3.48. The van der Waals surface area contributed by atoms with E-state index in [0.29, 0.717) is 39.1 Å². The van der Waals surface area contributed by atoms with Crippen LogP contribution in [0.5, 0.6) is 5.75 Å². The Labute approximate surface area is 182 Å². The van der Waals surface area contributed by atoms with E-state index in [0.717, 1.165) is 0 Å². The maximum Gasteiger partial charge on any atom is -0.358 e. The predicted molar refractivity (Wildman–Crippen MR) is 116 cm³/mol. The summed E-state index contributed by atoms with van der Waals surface area (Å²) in [6.07, 6.45) is 0. The summed E-state index contributed by atoms with van der Waals surface area (Å²) in [7, 11) is 0. The molecule has 30 heavy (non-hydrogen) atoms. The van der Waals surface area contributed by atoms with Gasteiger partial charge in [0.2, 0.25) is 0 Å². The minimum atomic E-state index is -1.07. The summed E-state index contributed by atoms with van der Waals surface area (Å²) in [5.41, 5.74) is 2.64. The first-order chi connectivity index (χ1) is 13.5. The third-order valence-corrected chi connectivity index (χ3v) is 4.63. The van der Waals surface area contributed by atoms with Crippen molar-refractivity contribution in [3.05, 3.63) is 85.2 Å². The van der Waals surface area contributed by atoms with Crippen LogP contribution in [0, 0.1) is 14.9 Å². The van der Waals surface area contributed by atoms with Crippen LogP contribution in [0.1, 0.15) is 10.4 Å². The van der Waals surface area contributed by atoms with Gasteiger partial charge >= 0.3 is 168 Å². The van der Waals surface area contributed by atoms with E-state index < -0.39 is 5.97 Å². The fourth-order valence-electron chi connectivity index (χ4n) is 3.25. The fraction of sp³-hybridized carbons (Fsp3) is 0. The van der Waals surface area contributed by atoms with Gasteiger partial charge in [0, 0.05) is 0 Å². The molecule has 4 rings (SSSR count). The number of phenols is 1. The molecule has 0 aromatic heterocycles. The molecule has 2 aliphatic rings. The third kappa shape index (κ3) is 4.01. The van der Waals surface area contributed by atoms with Crippen LogP contribution in [0.3, 0.4) is 0 Å². The summed E-state index contributed by atoms with van der Waals surface area (Å²) in [5, 5.41) is 23.2. The van der Waals surface area contributed by atoms with Gasteiger partial charge in [-0.3, -0.25) is 0 Å². The molecule has 0 amide bonds. The number of benzene rings is 3. The van der Waals surface area contributed by atoms with Crippen LogP contribution in [0.25, 0.3) is 33.4 Å². The third-order valence-electron chi connectivity index (χ3n) is 4.43. The van der Waals surface area contributed by atoms with Gasteiger partial charge in [0.05, 0.1) is 0 Å². The topological polar surface area (TPSA) is 99.8 Å². The molecule has 0 unspecified atom stereocenters. The summed E-state index contributed by atoms with van der Waals surface area (Å²) < 4.78 is 5.82. The van der Waals surface area contributed by atoms with E-state index in [2.05, 4.69) is 22.3 Å². The number of hydrogen-bond acceptors (Lipinski definition) is 5. The number of carbonyl (C=O) groups is 1. The van der Waals surface area contributed by atoms with Gasteiger partial charge in [-0.2, -0.15) is 0 Å². The quantitative estimate of drug-likeness (QED) is 0.317. The van der Waals surface area contributed by atoms with Crippen LogP contribution >= 0.6 is 0 Å². The maximum atomic E-state index is 11.9. The van der Waals surface area contributed by atoms with Crippen molar-refractivity contribution < 1.29 is 36.4 Å². The normalized spacial score (nSPS) is 10.2. The van der Waals surface area contributed by atoms with Crippen molar-refractivity contribution in [3.8, 4) is 28.2 Å². The molecule has 0 saturated carbocycles. The van der Waals surface area contributed by atoms with E-state index in [1.807, 2.05) is 0 Å². The number of aromatic hydroxyl groups is 1. The molecule has 1 heterocycles. The van der Waals surface area contributed by atoms with Crippen molar-refractivity contribution in [1.82, 2.24) is 0 Å². The average molecular weight is 440 g/mol. The number of nitrogens with one attached hydrogen (secondary N) is 1. The average Bonchev–Trinajstić information content (AvgIpc) is 2.66. The number of fused-ring (bicyclic) bond motifs is 2. The van der Waals surface area contributed by atoms with E-state index in [4.69, 9.17) is 4.42 Å². The zero-order chi connectivity index (χ0) is 19.8. The summed E-state index contributed by atoms with van der Waals surface area (Å²) in [6.45, 7) is 0. The first-order valence-corrected chi connectivity index (χ1v) is 9.08. The zero-order valence-corrected chi connectivity index (χ0v) is 17.7. The zero-order valence-electron chi connectivity index (χ0n) is 16.3. The van der Waals surface area contributed by atoms with Gasteiger partial charge < -0.3 is 14.9 Å². The molecular formula is C23H19NO5V.